The zero-order valence-electron chi connectivity index (χ0n) is 15.5. The van der Waals surface area contributed by atoms with Crippen molar-refractivity contribution in [2.45, 2.75) is 0 Å². The van der Waals surface area contributed by atoms with Crippen molar-refractivity contribution in [1.29, 1.82) is 0 Å². The molecule has 3 aromatic rings. The van der Waals surface area contributed by atoms with Gasteiger partial charge >= 0.3 is 0 Å². The van der Waals surface area contributed by atoms with Gasteiger partial charge in [0.05, 0.1) is 30.4 Å². The second-order valence-electron chi connectivity index (χ2n) is 6.28. The normalized spacial score (nSPS) is 10.5. The number of methoxy groups -OCH3 is 1. The standard InChI is InChI=1S/C21H21N3O3/c1-24(2)20(25)13-22-21(26)17-12-19(14-7-5-4-6-8-14)23-18-10-9-15(27-3)11-16(17)18/h4-12H,13H2,1-3H3,(H,22,26). The first-order chi connectivity index (χ1) is 13.0. The maximum atomic E-state index is 12.8. The third kappa shape index (κ3) is 4.06. The third-order valence-electron chi connectivity index (χ3n) is 4.23. The largest absolute Gasteiger partial charge is 0.497 e. The lowest BCUT2D eigenvalue weighted by Gasteiger charge is -2.13. The van der Waals surface area contributed by atoms with Gasteiger partial charge in [-0.3, -0.25) is 9.59 Å². The highest BCUT2D eigenvalue weighted by Gasteiger charge is 2.16. The van der Waals surface area contributed by atoms with E-state index in [9.17, 15) is 9.59 Å². The van der Waals surface area contributed by atoms with E-state index in [1.54, 1.807) is 39.4 Å². The number of carbonyl (C=O) groups is 2. The summed E-state index contributed by atoms with van der Waals surface area (Å²) in [5.41, 5.74) is 2.73. The Morgan fingerprint density at radius 2 is 1.81 bits per heavy atom. The molecule has 0 aliphatic heterocycles. The molecule has 0 radical (unpaired) electrons. The van der Waals surface area contributed by atoms with E-state index in [1.807, 2.05) is 36.4 Å². The van der Waals surface area contributed by atoms with E-state index in [0.29, 0.717) is 27.9 Å². The lowest BCUT2D eigenvalue weighted by molar-refractivity contribution is -0.127. The number of aromatic nitrogens is 1. The smallest absolute Gasteiger partial charge is 0.252 e. The van der Waals surface area contributed by atoms with E-state index in [4.69, 9.17) is 4.74 Å². The summed E-state index contributed by atoms with van der Waals surface area (Å²) < 4.78 is 5.28. The molecule has 2 amide bonds. The van der Waals surface area contributed by atoms with Gasteiger partial charge in [0.1, 0.15) is 5.75 Å². The SMILES string of the molecule is COc1ccc2nc(-c3ccccc3)cc(C(=O)NCC(=O)N(C)C)c2c1. The number of benzene rings is 2. The second kappa shape index (κ2) is 7.86. The molecule has 2 aromatic carbocycles. The molecule has 3 rings (SSSR count). The predicted molar refractivity (Wildman–Crippen MR) is 105 cm³/mol. The van der Waals surface area contributed by atoms with Gasteiger partial charge in [0.25, 0.3) is 5.91 Å². The molecule has 1 heterocycles. The van der Waals surface area contributed by atoms with Crippen molar-refractivity contribution in [3.63, 3.8) is 0 Å². The van der Waals surface area contributed by atoms with Gasteiger partial charge < -0.3 is 15.0 Å². The fourth-order valence-electron chi connectivity index (χ4n) is 2.69. The summed E-state index contributed by atoms with van der Waals surface area (Å²) in [5, 5.41) is 3.36. The average molecular weight is 363 g/mol. The number of carbonyl (C=O) groups excluding carboxylic acids is 2. The van der Waals surface area contributed by atoms with Crippen LogP contribution in [0.2, 0.25) is 0 Å². The van der Waals surface area contributed by atoms with Gasteiger partial charge in [-0.25, -0.2) is 4.98 Å². The summed E-state index contributed by atoms with van der Waals surface area (Å²) in [6.07, 6.45) is 0. The lowest BCUT2D eigenvalue weighted by atomic mass is 10.0. The van der Waals surface area contributed by atoms with Crippen molar-refractivity contribution in [3.8, 4) is 17.0 Å². The number of ether oxygens (including phenoxy) is 1. The predicted octanol–water partition coefficient (Wildman–Crippen LogP) is 2.73. The summed E-state index contributed by atoms with van der Waals surface area (Å²) in [6, 6.07) is 16.8. The van der Waals surface area contributed by atoms with E-state index in [0.717, 1.165) is 5.56 Å². The highest BCUT2D eigenvalue weighted by atomic mass is 16.5. The number of amides is 2. The third-order valence-corrected chi connectivity index (χ3v) is 4.23. The Balaban J connectivity index is 2.07. The van der Waals surface area contributed by atoms with Crippen LogP contribution in [-0.2, 0) is 4.79 Å². The molecular formula is C21H21N3O3. The minimum absolute atomic E-state index is 0.0692. The number of fused-ring (bicyclic) bond motifs is 1. The van der Waals surface area contributed by atoms with Crippen LogP contribution in [0.5, 0.6) is 5.75 Å². The van der Waals surface area contributed by atoms with Crippen LogP contribution >= 0.6 is 0 Å². The molecule has 138 valence electrons. The van der Waals surface area contributed by atoms with Crippen LogP contribution in [-0.4, -0.2) is 49.4 Å². The van der Waals surface area contributed by atoms with Gasteiger partial charge in [0, 0.05) is 25.0 Å². The van der Waals surface area contributed by atoms with Crippen LogP contribution in [0, 0.1) is 0 Å². The van der Waals surface area contributed by atoms with Gasteiger partial charge in [-0.05, 0) is 24.3 Å². The van der Waals surface area contributed by atoms with Crippen molar-refractivity contribution in [3.05, 3.63) is 60.2 Å². The maximum Gasteiger partial charge on any atom is 0.252 e. The molecule has 0 atom stereocenters. The molecule has 0 bridgehead atoms. The van der Waals surface area contributed by atoms with Gasteiger partial charge in [-0.1, -0.05) is 30.3 Å². The zero-order valence-corrected chi connectivity index (χ0v) is 15.5. The van der Waals surface area contributed by atoms with Crippen molar-refractivity contribution in [2.24, 2.45) is 0 Å². The second-order valence-corrected chi connectivity index (χ2v) is 6.28. The van der Waals surface area contributed by atoms with Crippen molar-refractivity contribution >= 4 is 22.7 Å². The quantitative estimate of drug-likeness (QED) is 0.757. The fourth-order valence-corrected chi connectivity index (χ4v) is 2.69. The number of hydrogen-bond acceptors (Lipinski definition) is 4. The van der Waals surface area contributed by atoms with E-state index >= 15 is 0 Å². The summed E-state index contributed by atoms with van der Waals surface area (Å²) >= 11 is 0. The van der Waals surface area contributed by atoms with Gasteiger partial charge in [0.15, 0.2) is 0 Å². The Labute approximate surface area is 157 Å². The molecule has 0 saturated heterocycles. The monoisotopic (exact) mass is 363 g/mol. The van der Waals surface area contributed by atoms with Crippen LogP contribution < -0.4 is 10.1 Å². The Morgan fingerprint density at radius 1 is 1.07 bits per heavy atom. The van der Waals surface area contributed by atoms with Crippen molar-refractivity contribution in [1.82, 2.24) is 15.2 Å². The molecule has 27 heavy (non-hydrogen) atoms. The fraction of sp³-hybridized carbons (Fsp3) is 0.190. The van der Waals surface area contributed by atoms with Crippen molar-refractivity contribution in [2.75, 3.05) is 27.7 Å². The molecule has 0 saturated carbocycles. The molecule has 1 aromatic heterocycles. The summed E-state index contributed by atoms with van der Waals surface area (Å²) in [5.74, 6) is 0.126. The van der Waals surface area contributed by atoms with Crippen LogP contribution in [0.4, 0.5) is 0 Å². The highest BCUT2D eigenvalue weighted by molar-refractivity contribution is 6.08. The zero-order chi connectivity index (χ0) is 19.4. The molecule has 6 nitrogen and oxygen atoms in total. The number of nitrogens with one attached hydrogen (secondary N) is 1. The van der Waals surface area contributed by atoms with Gasteiger partial charge in [0.2, 0.25) is 5.91 Å². The van der Waals surface area contributed by atoms with Crippen LogP contribution in [0.15, 0.2) is 54.6 Å². The first-order valence-corrected chi connectivity index (χ1v) is 8.52. The van der Waals surface area contributed by atoms with E-state index in [1.165, 1.54) is 4.90 Å². The molecule has 1 N–H and O–H groups in total. The molecule has 0 aliphatic rings. The number of rotatable bonds is 5. The Morgan fingerprint density at radius 3 is 2.48 bits per heavy atom. The highest BCUT2D eigenvalue weighted by Crippen LogP contribution is 2.27. The molecule has 0 aliphatic carbocycles. The minimum atomic E-state index is -0.331. The Bertz CT molecular complexity index is 985. The summed E-state index contributed by atoms with van der Waals surface area (Å²) in [4.78, 5) is 30.7. The van der Waals surface area contributed by atoms with Gasteiger partial charge in [-0.2, -0.15) is 0 Å². The topological polar surface area (TPSA) is 71.5 Å². The van der Waals surface area contributed by atoms with Crippen LogP contribution in [0.25, 0.3) is 22.2 Å². The molecule has 6 heteroatoms. The van der Waals surface area contributed by atoms with Crippen molar-refractivity contribution < 1.29 is 14.3 Å². The summed E-state index contributed by atoms with van der Waals surface area (Å²) in [6.45, 7) is -0.0692. The lowest BCUT2D eigenvalue weighted by Crippen LogP contribution is -2.36. The Kier molecular flexibility index (Phi) is 5.35. The van der Waals surface area contributed by atoms with Crippen LogP contribution in [0.1, 0.15) is 10.4 Å². The van der Waals surface area contributed by atoms with E-state index < -0.39 is 0 Å². The van der Waals surface area contributed by atoms with Crippen LogP contribution in [0.3, 0.4) is 0 Å². The first kappa shape index (κ1) is 18.4. The maximum absolute atomic E-state index is 12.8. The minimum Gasteiger partial charge on any atom is -0.497 e. The number of hydrogen-bond donors (Lipinski definition) is 1. The number of nitrogens with zero attached hydrogens (tertiary/aromatic N) is 2. The molecule has 0 spiro atoms. The number of pyridine rings is 1. The molecular weight excluding hydrogens is 342 g/mol. The first-order valence-electron chi connectivity index (χ1n) is 8.52. The average Bonchev–Trinajstić information content (AvgIpc) is 2.70. The summed E-state index contributed by atoms with van der Waals surface area (Å²) in [7, 11) is 4.87. The Hall–Kier alpha value is -3.41. The van der Waals surface area contributed by atoms with Gasteiger partial charge in [-0.15, -0.1) is 0 Å². The molecule has 0 fully saturated rings. The van der Waals surface area contributed by atoms with E-state index in [-0.39, 0.29) is 18.4 Å². The van der Waals surface area contributed by atoms with E-state index in [2.05, 4.69) is 10.3 Å². The number of likely N-dealkylation sites (N-methyl/N-ethyl adjacent to an activating group) is 1. The molecule has 0 unspecified atom stereocenters.